The molecule has 0 saturated heterocycles. The highest BCUT2D eigenvalue weighted by molar-refractivity contribution is 8.76. The number of hydrogen-bond donors (Lipinski definition) is 0. The van der Waals surface area contributed by atoms with E-state index in [1.54, 1.807) is 63.6 Å². The number of ether oxygens (including phenoxy) is 2. The number of hydrogen-bond acceptors (Lipinski definition) is 9. The number of benzene rings is 2. The molecular weight excluding hydrogens is 455 g/mol. The predicted octanol–water partition coefficient (Wildman–Crippen LogP) is 6.23. The molecule has 168 valence electrons. The number of methoxy groups -OCH3 is 2. The topological polar surface area (TPSA) is 81.0 Å². The Morgan fingerprint density at radius 1 is 0.935 bits per heavy atom. The van der Waals surface area contributed by atoms with Gasteiger partial charge in [0.05, 0.1) is 26.8 Å². The van der Waals surface area contributed by atoms with E-state index in [0.29, 0.717) is 11.5 Å². The Bertz CT molecular complexity index is 892. The standard InChI is InChI=1S/C21H27N2O5PS2/c1-21(2,3)30-31-23(15-14-22)16-29(24,27-19-12-8-6-10-17(19)25-4)28-20-13-9-7-11-18(20)26-5/h6-13H,15-16H2,1-5H3. The van der Waals surface area contributed by atoms with E-state index in [-0.39, 0.29) is 29.1 Å². The van der Waals surface area contributed by atoms with Crippen molar-refractivity contribution < 1.29 is 23.1 Å². The molecule has 0 radical (unpaired) electrons. The molecule has 0 atom stereocenters. The number of nitrogens with zero attached hydrogens (tertiary/aromatic N) is 2. The summed E-state index contributed by atoms with van der Waals surface area (Å²) < 4.78 is 38.1. The lowest BCUT2D eigenvalue weighted by molar-refractivity contribution is 0.338. The molecule has 0 heterocycles. The lowest BCUT2D eigenvalue weighted by atomic mass is 10.3. The summed E-state index contributed by atoms with van der Waals surface area (Å²) >= 11 is 0. The Morgan fingerprint density at radius 2 is 1.39 bits per heavy atom. The Morgan fingerprint density at radius 3 is 1.77 bits per heavy atom. The number of para-hydroxylation sites is 4. The van der Waals surface area contributed by atoms with Crippen LogP contribution < -0.4 is 18.5 Å². The van der Waals surface area contributed by atoms with Crippen LogP contribution in [0.3, 0.4) is 0 Å². The zero-order chi connectivity index (χ0) is 22.9. The third kappa shape index (κ3) is 8.23. The van der Waals surface area contributed by atoms with Gasteiger partial charge in [0.1, 0.15) is 6.29 Å². The van der Waals surface area contributed by atoms with Crippen molar-refractivity contribution >= 4 is 29.4 Å². The first-order valence-electron chi connectivity index (χ1n) is 9.41. The second kappa shape index (κ2) is 11.6. The zero-order valence-electron chi connectivity index (χ0n) is 18.2. The Labute approximate surface area is 192 Å². The van der Waals surface area contributed by atoms with E-state index in [1.807, 2.05) is 0 Å². The molecule has 0 saturated carbocycles. The predicted molar refractivity (Wildman–Crippen MR) is 127 cm³/mol. The molecule has 0 N–H and O–H groups in total. The fourth-order valence-electron chi connectivity index (χ4n) is 2.30. The van der Waals surface area contributed by atoms with Gasteiger partial charge in [0.25, 0.3) is 0 Å². The summed E-state index contributed by atoms with van der Waals surface area (Å²) in [5.74, 6) is 1.42. The van der Waals surface area contributed by atoms with Gasteiger partial charge in [-0.15, -0.1) is 0 Å². The minimum Gasteiger partial charge on any atom is -0.493 e. The Hall–Kier alpha value is -1.98. The highest BCUT2D eigenvalue weighted by atomic mass is 33.1. The second-order valence-electron chi connectivity index (χ2n) is 7.30. The SMILES string of the molecule is COc1ccccc1OP(=O)(CN(CC#N)SSC(C)(C)C)Oc1ccccc1OC. The van der Waals surface area contributed by atoms with E-state index in [9.17, 15) is 9.83 Å². The quantitative estimate of drug-likeness (QED) is 0.160. The normalized spacial score (nSPS) is 11.6. The van der Waals surface area contributed by atoms with Crippen LogP contribution in [0.25, 0.3) is 0 Å². The molecule has 0 aliphatic heterocycles. The van der Waals surface area contributed by atoms with Crippen molar-refractivity contribution in [1.29, 1.82) is 5.26 Å². The molecule has 10 heteroatoms. The lowest BCUT2D eigenvalue weighted by Crippen LogP contribution is -2.22. The maximum Gasteiger partial charge on any atom is 0.445 e. The molecule has 2 aromatic carbocycles. The molecule has 0 aliphatic carbocycles. The fourth-order valence-corrected chi connectivity index (χ4v) is 6.46. The van der Waals surface area contributed by atoms with Crippen molar-refractivity contribution in [1.82, 2.24) is 4.31 Å². The number of nitriles is 1. The van der Waals surface area contributed by atoms with Crippen LogP contribution in [0.5, 0.6) is 23.0 Å². The van der Waals surface area contributed by atoms with E-state index in [1.165, 1.54) is 25.2 Å². The average Bonchev–Trinajstić information content (AvgIpc) is 2.72. The van der Waals surface area contributed by atoms with Crippen LogP contribution in [0.2, 0.25) is 0 Å². The second-order valence-corrected chi connectivity index (χ2v) is 12.2. The van der Waals surface area contributed by atoms with Crippen LogP contribution in [0.1, 0.15) is 20.8 Å². The van der Waals surface area contributed by atoms with E-state index >= 15 is 0 Å². The van der Waals surface area contributed by atoms with Gasteiger partial charge in [-0.25, -0.2) is 8.87 Å². The van der Waals surface area contributed by atoms with E-state index in [0.717, 1.165) is 0 Å². The third-order valence-corrected chi connectivity index (χ3v) is 8.81. The molecule has 7 nitrogen and oxygen atoms in total. The minimum absolute atomic E-state index is 0.0440. The van der Waals surface area contributed by atoms with E-state index in [2.05, 4.69) is 26.8 Å². The summed E-state index contributed by atoms with van der Waals surface area (Å²) in [6, 6.07) is 15.9. The van der Waals surface area contributed by atoms with E-state index < -0.39 is 7.60 Å². The Kier molecular flexibility index (Phi) is 9.45. The third-order valence-electron chi connectivity index (χ3n) is 3.58. The zero-order valence-corrected chi connectivity index (χ0v) is 20.8. The molecule has 0 aromatic heterocycles. The molecule has 0 spiro atoms. The largest absolute Gasteiger partial charge is 0.493 e. The minimum atomic E-state index is -3.83. The van der Waals surface area contributed by atoms with Gasteiger partial charge in [-0.3, -0.25) is 0 Å². The molecule has 0 unspecified atom stereocenters. The van der Waals surface area contributed by atoms with Crippen LogP contribution in [0.15, 0.2) is 48.5 Å². The van der Waals surface area contributed by atoms with Crippen molar-refractivity contribution in [2.75, 3.05) is 27.1 Å². The molecule has 0 aliphatic rings. The van der Waals surface area contributed by atoms with Crippen molar-refractivity contribution in [3.05, 3.63) is 48.5 Å². The molecule has 0 amide bonds. The maximum absolute atomic E-state index is 14.0. The summed E-state index contributed by atoms with van der Waals surface area (Å²) in [5, 5.41) is 9.28. The van der Waals surface area contributed by atoms with Crippen molar-refractivity contribution in [2.45, 2.75) is 25.5 Å². The van der Waals surface area contributed by atoms with Gasteiger partial charge in [-0.2, -0.15) is 5.26 Å². The monoisotopic (exact) mass is 482 g/mol. The molecule has 2 rings (SSSR count). The smallest absolute Gasteiger partial charge is 0.445 e. The molecule has 31 heavy (non-hydrogen) atoms. The van der Waals surface area contributed by atoms with Gasteiger partial charge in [-0.1, -0.05) is 55.8 Å². The first-order chi connectivity index (χ1) is 14.7. The first-order valence-corrected chi connectivity index (χ1v) is 13.2. The van der Waals surface area contributed by atoms with Gasteiger partial charge in [0, 0.05) is 4.75 Å². The van der Waals surface area contributed by atoms with Gasteiger partial charge in [-0.05, 0) is 35.2 Å². The number of rotatable bonds is 11. The molecule has 2 aromatic rings. The fraction of sp³-hybridized carbons (Fsp3) is 0.381. The summed E-state index contributed by atoms with van der Waals surface area (Å²) in [5.41, 5.74) is 0. The lowest BCUT2D eigenvalue weighted by Gasteiger charge is -2.27. The van der Waals surface area contributed by atoms with Crippen molar-refractivity contribution in [3.8, 4) is 29.1 Å². The summed E-state index contributed by atoms with van der Waals surface area (Å²) in [6.45, 7) is 6.23. The maximum atomic E-state index is 14.0. The van der Waals surface area contributed by atoms with Gasteiger partial charge in [0.2, 0.25) is 0 Å². The van der Waals surface area contributed by atoms with E-state index in [4.69, 9.17) is 18.5 Å². The van der Waals surface area contributed by atoms with Crippen LogP contribution >= 0.6 is 29.4 Å². The Balaban J connectivity index is 2.38. The molecule has 0 bridgehead atoms. The molecule has 0 fully saturated rings. The van der Waals surface area contributed by atoms with Crippen LogP contribution in [-0.2, 0) is 4.57 Å². The van der Waals surface area contributed by atoms with Gasteiger partial charge < -0.3 is 18.5 Å². The van der Waals surface area contributed by atoms with Crippen LogP contribution in [0.4, 0.5) is 0 Å². The molecular formula is C21H27N2O5PS2. The highest BCUT2D eigenvalue weighted by Gasteiger charge is 2.34. The van der Waals surface area contributed by atoms with Gasteiger partial charge >= 0.3 is 7.60 Å². The summed E-state index contributed by atoms with van der Waals surface area (Å²) in [4.78, 5) is 0. The van der Waals surface area contributed by atoms with Crippen molar-refractivity contribution in [3.63, 3.8) is 0 Å². The summed E-state index contributed by atoms with van der Waals surface area (Å²) in [7, 11) is 2.10. The first kappa shape index (κ1) is 25.3. The van der Waals surface area contributed by atoms with Crippen LogP contribution in [-0.4, -0.2) is 36.1 Å². The van der Waals surface area contributed by atoms with Crippen molar-refractivity contribution in [2.24, 2.45) is 0 Å². The summed E-state index contributed by atoms with van der Waals surface area (Å²) in [6.07, 6.45) is -0.121. The highest BCUT2D eigenvalue weighted by Crippen LogP contribution is 2.54. The van der Waals surface area contributed by atoms with Gasteiger partial charge in [0.15, 0.2) is 23.0 Å². The van der Waals surface area contributed by atoms with Crippen LogP contribution in [0, 0.1) is 11.3 Å². The average molecular weight is 483 g/mol.